The Morgan fingerprint density at radius 3 is 2.64 bits per heavy atom. The van der Waals surface area contributed by atoms with Gasteiger partial charge in [-0.15, -0.1) is 0 Å². The normalized spacial score (nSPS) is 15.4. The lowest BCUT2D eigenvalue weighted by atomic mass is 10.1. The van der Waals surface area contributed by atoms with E-state index in [9.17, 15) is 24.0 Å². The minimum absolute atomic E-state index is 0.0644. The predicted molar refractivity (Wildman–Crippen MR) is 143 cm³/mol. The van der Waals surface area contributed by atoms with Crippen LogP contribution in [0.15, 0.2) is 63.8 Å². The summed E-state index contributed by atoms with van der Waals surface area (Å²) in [5, 5.41) is 8.45. The summed E-state index contributed by atoms with van der Waals surface area (Å²) >= 11 is 0. The van der Waals surface area contributed by atoms with Crippen molar-refractivity contribution in [2.45, 2.75) is 45.4 Å². The van der Waals surface area contributed by atoms with Gasteiger partial charge in [-0.05, 0) is 49.9 Å². The minimum Gasteiger partial charge on any atom is -0.445 e. The summed E-state index contributed by atoms with van der Waals surface area (Å²) in [5.74, 6) is -1.36. The molecule has 0 bridgehead atoms. The predicted octanol–water partition coefficient (Wildman–Crippen LogP) is 2.46. The van der Waals surface area contributed by atoms with E-state index in [-0.39, 0.29) is 19.1 Å². The Labute approximate surface area is 224 Å². The maximum Gasteiger partial charge on any atom is 0.407 e. The molecule has 2 aromatic carbocycles. The van der Waals surface area contributed by atoms with Crippen LogP contribution < -0.4 is 21.6 Å². The zero-order valence-corrected chi connectivity index (χ0v) is 21.7. The first-order valence-corrected chi connectivity index (χ1v) is 12.6. The van der Waals surface area contributed by atoms with Crippen LogP contribution in [0.25, 0.3) is 11.0 Å². The van der Waals surface area contributed by atoms with Gasteiger partial charge in [0.2, 0.25) is 17.7 Å². The molecular weight excluding hydrogens is 504 g/mol. The van der Waals surface area contributed by atoms with E-state index in [0.717, 1.165) is 16.5 Å². The van der Waals surface area contributed by atoms with Gasteiger partial charge in [0.15, 0.2) is 0 Å². The lowest BCUT2D eigenvalue weighted by Gasteiger charge is -2.27. The van der Waals surface area contributed by atoms with Crippen molar-refractivity contribution in [3.8, 4) is 0 Å². The summed E-state index contributed by atoms with van der Waals surface area (Å²) in [6.45, 7) is 3.39. The van der Waals surface area contributed by atoms with Gasteiger partial charge >= 0.3 is 11.7 Å². The largest absolute Gasteiger partial charge is 0.445 e. The lowest BCUT2D eigenvalue weighted by molar-refractivity contribution is -0.139. The van der Waals surface area contributed by atoms with Crippen LogP contribution in [-0.4, -0.2) is 53.9 Å². The van der Waals surface area contributed by atoms with Gasteiger partial charge in [-0.1, -0.05) is 30.3 Å². The first kappa shape index (κ1) is 27.4. The first-order chi connectivity index (χ1) is 18.7. The molecule has 4 rings (SSSR count). The Bertz CT molecular complexity index is 1440. The highest BCUT2D eigenvalue weighted by molar-refractivity contribution is 6.00. The van der Waals surface area contributed by atoms with Crippen molar-refractivity contribution in [2.24, 2.45) is 0 Å². The number of carbonyl (C=O) groups excluding carboxylic acids is 4. The maximum atomic E-state index is 13.1. The summed E-state index contributed by atoms with van der Waals surface area (Å²) in [4.78, 5) is 63.4. The molecule has 3 aromatic rings. The lowest BCUT2D eigenvalue weighted by Crippen LogP contribution is -2.52. The molecule has 11 heteroatoms. The Balaban J connectivity index is 1.28. The summed E-state index contributed by atoms with van der Waals surface area (Å²) < 4.78 is 10.3. The Morgan fingerprint density at radius 2 is 1.87 bits per heavy atom. The van der Waals surface area contributed by atoms with Crippen LogP contribution >= 0.6 is 0 Å². The molecular formula is C28H30N4O7. The number of alkyl carbamates (subject to hydrolysis) is 1. The SMILES string of the molecule is Cc1cc(=O)oc2cc(NC(=O)[C@@H]3CCCN3C(=O)[C@H](C)NC(=O)CNC(=O)OCc3ccccc3)ccc12. The molecule has 1 aromatic heterocycles. The second-order valence-corrected chi connectivity index (χ2v) is 9.34. The maximum absolute atomic E-state index is 13.1. The van der Waals surface area contributed by atoms with Gasteiger partial charge in [0, 0.05) is 29.8 Å². The average Bonchev–Trinajstić information content (AvgIpc) is 3.41. The van der Waals surface area contributed by atoms with Gasteiger partial charge in [-0.25, -0.2) is 9.59 Å². The highest BCUT2D eigenvalue weighted by Gasteiger charge is 2.36. The van der Waals surface area contributed by atoms with Crippen molar-refractivity contribution in [1.29, 1.82) is 0 Å². The molecule has 1 aliphatic rings. The third-order valence-corrected chi connectivity index (χ3v) is 6.41. The van der Waals surface area contributed by atoms with Gasteiger partial charge < -0.3 is 30.0 Å². The molecule has 11 nitrogen and oxygen atoms in total. The van der Waals surface area contributed by atoms with Gasteiger partial charge in [-0.3, -0.25) is 14.4 Å². The van der Waals surface area contributed by atoms with E-state index in [1.165, 1.54) is 17.9 Å². The van der Waals surface area contributed by atoms with Gasteiger partial charge in [-0.2, -0.15) is 0 Å². The van der Waals surface area contributed by atoms with Crippen molar-refractivity contribution in [1.82, 2.24) is 15.5 Å². The molecule has 1 aliphatic heterocycles. The number of ether oxygens (including phenoxy) is 1. The monoisotopic (exact) mass is 534 g/mol. The molecule has 3 N–H and O–H groups in total. The van der Waals surface area contributed by atoms with Crippen LogP contribution in [0.5, 0.6) is 0 Å². The number of fused-ring (bicyclic) bond motifs is 1. The molecule has 39 heavy (non-hydrogen) atoms. The van der Waals surface area contributed by atoms with E-state index in [4.69, 9.17) is 9.15 Å². The van der Waals surface area contributed by atoms with Crippen LogP contribution in [0, 0.1) is 6.92 Å². The van der Waals surface area contributed by atoms with E-state index in [0.29, 0.717) is 30.7 Å². The number of anilines is 1. The minimum atomic E-state index is -0.911. The molecule has 1 fully saturated rings. The number of nitrogens with one attached hydrogen (secondary N) is 3. The number of rotatable bonds is 8. The Hall–Kier alpha value is -4.67. The van der Waals surface area contributed by atoms with Crippen LogP contribution in [-0.2, 0) is 25.7 Å². The van der Waals surface area contributed by atoms with Gasteiger partial charge in [0.05, 0.1) is 0 Å². The topological polar surface area (TPSA) is 147 Å². The highest BCUT2D eigenvalue weighted by atomic mass is 16.5. The third-order valence-electron chi connectivity index (χ3n) is 6.41. The van der Waals surface area contributed by atoms with E-state index >= 15 is 0 Å². The zero-order chi connectivity index (χ0) is 27.9. The number of carbonyl (C=O) groups is 4. The highest BCUT2D eigenvalue weighted by Crippen LogP contribution is 2.23. The molecule has 4 amide bonds. The van der Waals surface area contributed by atoms with E-state index in [2.05, 4.69) is 16.0 Å². The Morgan fingerprint density at radius 1 is 1.10 bits per heavy atom. The van der Waals surface area contributed by atoms with E-state index in [1.807, 2.05) is 18.2 Å². The van der Waals surface area contributed by atoms with Crippen LogP contribution in [0.1, 0.15) is 30.9 Å². The molecule has 1 saturated heterocycles. The number of nitrogens with zero attached hydrogens (tertiary/aromatic N) is 1. The number of benzene rings is 2. The smallest absolute Gasteiger partial charge is 0.407 e. The number of likely N-dealkylation sites (tertiary alicyclic amines) is 1. The second-order valence-electron chi connectivity index (χ2n) is 9.34. The summed E-state index contributed by atoms with van der Waals surface area (Å²) in [6.07, 6.45) is 0.340. The first-order valence-electron chi connectivity index (χ1n) is 12.6. The van der Waals surface area contributed by atoms with Gasteiger partial charge in [0.25, 0.3) is 0 Å². The fraction of sp³-hybridized carbons (Fsp3) is 0.321. The van der Waals surface area contributed by atoms with Crippen LogP contribution in [0.4, 0.5) is 10.5 Å². The van der Waals surface area contributed by atoms with E-state index < -0.39 is 35.6 Å². The van der Waals surface area contributed by atoms with Crippen molar-refractivity contribution in [2.75, 3.05) is 18.4 Å². The number of aryl methyl sites for hydroxylation is 1. The van der Waals surface area contributed by atoms with Crippen molar-refractivity contribution in [3.05, 3.63) is 76.1 Å². The molecule has 0 unspecified atom stereocenters. The summed E-state index contributed by atoms with van der Waals surface area (Å²) in [7, 11) is 0. The quantitative estimate of drug-likeness (QED) is 0.376. The number of hydrogen-bond donors (Lipinski definition) is 3. The summed E-state index contributed by atoms with van der Waals surface area (Å²) in [5.41, 5.74) is 1.88. The average molecular weight is 535 g/mol. The van der Waals surface area contributed by atoms with Gasteiger partial charge in [0.1, 0.15) is 30.8 Å². The molecule has 0 radical (unpaired) electrons. The molecule has 0 spiro atoms. The van der Waals surface area contributed by atoms with Crippen molar-refractivity contribution >= 4 is 40.5 Å². The fourth-order valence-electron chi connectivity index (χ4n) is 4.46. The fourth-order valence-corrected chi connectivity index (χ4v) is 4.46. The summed E-state index contributed by atoms with van der Waals surface area (Å²) in [6, 6.07) is 13.9. The zero-order valence-electron chi connectivity index (χ0n) is 21.7. The standard InChI is InChI=1S/C28H30N4O7/c1-17-13-25(34)39-23-14-20(10-11-21(17)23)31-26(35)22-9-6-12-32(22)27(36)18(2)30-24(33)15-29-28(37)38-16-19-7-4-3-5-8-19/h3-5,7-8,10-11,13-14,18,22H,6,9,12,15-16H2,1-2H3,(H,29,37)(H,30,33)(H,31,35)/t18-,22-/m0/s1. The number of amides is 4. The van der Waals surface area contributed by atoms with E-state index in [1.54, 1.807) is 37.3 Å². The molecule has 0 aliphatic carbocycles. The van der Waals surface area contributed by atoms with Crippen molar-refractivity contribution < 1.29 is 28.3 Å². The molecule has 2 heterocycles. The molecule has 0 saturated carbocycles. The third kappa shape index (κ3) is 7.01. The molecule has 2 atom stereocenters. The van der Waals surface area contributed by atoms with Crippen LogP contribution in [0.3, 0.4) is 0 Å². The van der Waals surface area contributed by atoms with Crippen LogP contribution in [0.2, 0.25) is 0 Å². The number of hydrogen-bond acceptors (Lipinski definition) is 7. The second kappa shape index (κ2) is 12.2. The molecule has 204 valence electrons. The Kier molecular flexibility index (Phi) is 8.60. The van der Waals surface area contributed by atoms with Crippen molar-refractivity contribution in [3.63, 3.8) is 0 Å².